The molecule has 8 heavy (non-hydrogen) atoms. The third-order valence-electron chi connectivity index (χ3n) is 0. The van der Waals surface area contributed by atoms with E-state index in [0.717, 1.165) is 0 Å². The van der Waals surface area contributed by atoms with Crippen molar-refractivity contribution in [1.82, 2.24) is 0 Å². The molecular formula is H4BaCaMgO4Si+6. The summed E-state index contributed by atoms with van der Waals surface area (Å²) in [6.45, 7) is 0. The van der Waals surface area contributed by atoms with Crippen molar-refractivity contribution in [3.8, 4) is 0 Å². The molecule has 4 nitrogen and oxygen atoms in total. The zero-order valence-corrected chi connectivity index (χ0v) is 13.5. The van der Waals surface area contributed by atoms with E-state index in [4.69, 9.17) is 19.2 Å². The fourth-order valence-corrected chi connectivity index (χ4v) is 0. The minimum Gasteiger partial charge on any atom is -0.368 e. The number of rotatable bonds is 0. The van der Waals surface area contributed by atoms with Crippen molar-refractivity contribution in [2.75, 3.05) is 0 Å². The predicted molar refractivity (Wildman–Crippen MR) is 31.9 cm³/mol. The van der Waals surface area contributed by atoms with Crippen LogP contribution >= 0.6 is 0 Å². The van der Waals surface area contributed by atoms with Gasteiger partial charge < -0.3 is 19.2 Å². The molecule has 0 spiro atoms. The van der Waals surface area contributed by atoms with Crippen molar-refractivity contribution in [3.63, 3.8) is 0 Å². The fourth-order valence-electron chi connectivity index (χ4n) is 0. The van der Waals surface area contributed by atoms with Crippen molar-refractivity contribution in [1.29, 1.82) is 0 Å². The molecule has 0 aromatic carbocycles. The van der Waals surface area contributed by atoms with E-state index in [1.54, 1.807) is 0 Å². The Balaban J connectivity index is -0.0000000267. The van der Waals surface area contributed by atoms with Gasteiger partial charge >= 0.3 is 119 Å². The SMILES string of the molecule is O[Si](O)(O)O.[Ba+2].[Ca+2].[Mg+2]. The van der Waals surface area contributed by atoms with Crippen LogP contribution < -0.4 is 0 Å². The summed E-state index contributed by atoms with van der Waals surface area (Å²) in [5, 5.41) is 0. The molecule has 0 saturated carbocycles. The first kappa shape index (κ1) is 22.6. The molecule has 4 N–H and O–H groups in total. The van der Waals surface area contributed by atoms with Gasteiger partial charge in [-0.15, -0.1) is 0 Å². The molecule has 0 saturated heterocycles. The summed E-state index contributed by atoms with van der Waals surface area (Å²) in [5.74, 6) is 0. The van der Waals surface area contributed by atoms with Gasteiger partial charge in [0.1, 0.15) is 0 Å². The molecular weight excluding hydrogens is 294 g/mol. The summed E-state index contributed by atoms with van der Waals surface area (Å²) >= 11 is 0. The molecule has 0 aliphatic rings. The quantitative estimate of drug-likeness (QED) is 0.346. The van der Waals surface area contributed by atoms with Crippen LogP contribution in [-0.2, 0) is 0 Å². The maximum atomic E-state index is 7.33. The van der Waals surface area contributed by atoms with Gasteiger partial charge in [0.25, 0.3) is 0 Å². The van der Waals surface area contributed by atoms with E-state index >= 15 is 0 Å². The molecule has 0 aliphatic carbocycles. The summed E-state index contributed by atoms with van der Waals surface area (Å²) in [5.41, 5.74) is 0. The molecule has 0 heterocycles. The smallest absolute Gasteiger partial charge is 0.368 e. The average Bonchev–Trinajstić information content (AvgIpc) is 0.722. The molecule has 0 bridgehead atoms. The van der Waals surface area contributed by atoms with E-state index in [9.17, 15) is 0 Å². The molecule has 0 rings (SSSR count). The van der Waals surface area contributed by atoms with Crippen molar-refractivity contribution < 1.29 is 19.2 Å². The van der Waals surface area contributed by atoms with E-state index in [1.165, 1.54) is 0 Å². The van der Waals surface area contributed by atoms with Crippen molar-refractivity contribution in [2.24, 2.45) is 0 Å². The van der Waals surface area contributed by atoms with Crippen LogP contribution in [0.15, 0.2) is 0 Å². The Bertz CT molecular complexity index is 31.5. The first-order valence-corrected chi connectivity index (χ1v) is 2.68. The second-order valence-electron chi connectivity index (χ2n) is 0.600. The molecule has 0 unspecified atom stereocenters. The average molecular weight is 298 g/mol. The molecule has 0 aromatic heterocycles. The van der Waals surface area contributed by atoms with E-state index in [0.29, 0.717) is 0 Å². The van der Waals surface area contributed by atoms with Crippen molar-refractivity contribution in [2.45, 2.75) is 0 Å². The van der Waals surface area contributed by atoms with Crippen molar-refractivity contribution >= 4 is 119 Å². The summed E-state index contributed by atoms with van der Waals surface area (Å²) in [6, 6.07) is 0. The van der Waals surface area contributed by atoms with Crippen molar-refractivity contribution in [3.05, 3.63) is 0 Å². The molecule has 0 fully saturated rings. The molecule has 0 atom stereocenters. The molecule has 0 aliphatic heterocycles. The normalized spacial score (nSPS) is 7.50. The van der Waals surface area contributed by atoms with Gasteiger partial charge in [0.2, 0.25) is 0 Å². The summed E-state index contributed by atoms with van der Waals surface area (Å²) < 4.78 is 0. The minimum atomic E-state index is -4.61. The van der Waals surface area contributed by atoms with Crippen LogP contribution in [0.25, 0.3) is 0 Å². The Kier molecular flexibility index (Phi) is 30.1. The minimum absolute atomic E-state index is 0. The van der Waals surface area contributed by atoms with Crippen LogP contribution in [0.4, 0.5) is 0 Å². The van der Waals surface area contributed by atoms with Gasteiger partial charge in [-0.3, -0.25) is 0 Å². The Hall–Kier alpha value is 3.65. The van der Waals surface area contributed by atoms with Gasteiger partial charge in [0, 0.05) is 0 Å². The Morgan fingerprint density at radius 2 is 0.875 bits per heavy atom. The van der Waals surface area contributed by atoms with E-state index < -0.39 is 9.05 Å². The summed E-state index contributed by atoms with van der Waals surface area (Å²) in [7, 11) is -4.61. The number of hydrogen-bond acceptors (Lipinski definition) is 4. The Morgan fingerprint density at radius 3 is 0.875 bits per heavy atom. The third-order valence-corrected chi connectivity index (χ3v) is 0. The zero-order chi connectivity index (χ0) is 4.50. The first-order chi connectivity index (χ1) is 2.00. The van der Waals surface area contributed by atoms with Gasteiger partial charge in [-0.2, -0.15) is 0 Å². The maximum absolute atomic E-state index is 7.33. The van der Waals surface area contributed by atoms with Gasteiger partial charge in [-0.1, -0.05) is 0 Å². The Labute approximate surface area is 134 Å². The third kappa shape index (κ3) is 54.1. The van der Waals surface area contributed by atoms with Crippen LogP contribution in [0, 0.1) is 0 Å². The molecule has 32 valence electrons. The monoisotopic (exact) mass is 298 g/mol. The van der Waals surface area contributed by atoms with E-state index in [1.807, 2.05) is 0 Å². The van der Waals surface area contributed by atoms with E-state index in [-0.39, 0.29) is 110 Å². The van der Waals surface area contributed by atoms with Gasteiger partial charge in [-0.05, 0) is 0 Å². The fraction of sp³-hybridized carbons (Fsp3) is 0. The van der Waals surface area contributed by atoms with Crippen LogP contribution in [-0.4, -0.2) is 138 Å². The van der Waals surface area contributed by atoms with Gasteiger partial charge in [-0.25, -0.2) is 0 Å². The molecule has 0 radical (unpaired) electrons. The largest absolute Gasteiger partial charge is 2.00 e. The predicted octanol–water partition coefficient (Wildman–Crippen LogP) is -3.75. The van der Waals surface area contributed by atoms with Crippen LogP contribution in [0.1, 0.15) is 0 Å². The summed E-state index contributed by atoms with van der Waals surface area (Å²) in [6.07, 6.45) is 0. The van der Waals surface area contributed by atoms with E-state index in [2.05, 4.69) is 0 Å². The topological polar surface area (TPSA) is 80.9 Å². The van der Waals surface area contributed by atoms with Gasteiger partial charge in [0.05, 0.1) is 0 Å². The van der Waals surface area contributed by atoms with Crippen LogP contribution in [0.5, 0.6) is 0 Å². The standard InChI is InChI=1S/Ba.Ca.Mg.H4O4Si/c;;;1-5(2,3)4/h;;;1-4H/q3*+2;. The van der Waals surface area contributed by atoms with Gasteiger partial charge in [0.15, 0.2) is 0 Å². The number of hydrogen-bond donors (Lipinski definition) is 4. The first-order valence-electron chi connectivity index (χ1n) is 0.894. The second kappa shape index (κ2) is 10.7. The maximum Gasteiger partial charge on any atom is 2.00 e. The van der Waals surface area contributed by atoms with Crippen LogP contribution in [0.3, 0.4) is 0 Å². The Morgan fingerprint density at radius 1 is 0.875 bits per heavy atom. The molecule has 0 amide bonds. The second-order valence-corrected chi connectivity index (χ2v) is 1.80. The molecule has 8 heteroatoms. The zero-order valence-electron chi connectivity index (χ0n) is 4.41. The molecule has 0 aromatic rings. The van der Waals surface area contributed by atoms with Crippen LogP contribution in [0.2, 0.25) is 0 Å². The summed E-state index contributed by atoms with van der Waals surface area (Å²) in [4.78, 5) is 29.3.